The fourth-order valence-electron chi connectivity index (χ4n) is 4.60. The second-order valence-corrected chi connectivity index (χ2v) is 9.97. The SMILES string of the molecule is Brc1ccc(C2=CC(c3ccc(-c4ccccc4)cc3)=NC(c3ccc(-c4ccccc4)cc3)N2)cc1. The fraction of sp³-hybridized carbons (Fsp3) is 0.0294. The van der Waals surface area contributed by atoms with Crippen LogP contribution in [0.4, 0.5) is 0 Å². The highest BCUT2D eigenvalue weighted by atomic mass is 79.9. The van der Waals surface area contributed by atoms with Crippen LogP contribution in [0.1, 0.15) is 22.9 Å². The summed E-state index contributed by atoms with van der Waals surface area (Å²) in [6.07, 6.45) is 1.97. The number of benzene rings is 5. The lowest BCUT2D eigenvalue weighted by molar-refractivity contribution is 0.664. The van der Waals surface area contributed by atoms with Gasteiger partial charge in [0.15, 0.2) is 0 Å². The Kier molecular flexibility index (Phi) is 6.53. The average Bonchev–Trinajstić information content (AvgIpc) is 2.98. The molecule has 0 amide bonds. The van der Waals surface area contributed by atoms with Crippen molar-refractivity contribution in [1.29, 1.82) is 0 Å². The van der Waals surface area contributed by atoms with E-state index in [0.29, 0.717) is 0 Å². The van der Waals surface area contributed by atoms with E-state index in [-0.39, 0.29) is 6.17 Å². The van der Waals surface area contributed by atoms with Crippen molar-refractivity contribution >= 4 is 27.3 Å². The molecule has 1 aliphatic heterocycles. The van der Waals surface area contributed by atoms with Crippen LogP contribution >= 0.6 is 15.9 Å². The Bertz CT molecular complexity index is 1550. The number of allylic oxidation sites excluding steroid dienone is 1. The zero-order valence-electron chi connectivity index (χ0n) is 20.2. The number of halogens is 1. The van der Waals surface area contributed by atoms with Crippen molar-refractivity contribution in [2.24, 2.45) is 4.99 Å². The summed E-state index contributed by atoms with van der Waals surface area (Å²) in [6, 6.07) is 46.7. The molecular weight excluding hydrogens is 516 g/mol. The molecule has 5 aromatic carbocycles. The Morgan fingerprint density at radius 3 is 1.51 bits per heavy atom. The van der Waals surface area contributed by atoms with Crippen LogP contribution in [-0.4, -0.2) is 5.71 Å². The molecule has 1 heterocycles. The highest BCUT2D eigenvalue weighted by Gasteiger charge is 2.19. The molecule has 6 rings (SSSR count). The predicted octanol–water partition coefficient (Wildman–Crippen LogP) is 8.92. The molecule has 0 spiro atoms. The summed E-state index contributed by atoms with van der Waals surface area (Å²) in [5.74, 6) is 0. The van der Waals surface area contributed by atoms with Gasteiger partial charge in [-0.2, -0.15) is 0 Å². The first kappa shape index (κ1) is 23.2. The standard InChI is InChI=1S/C34H25BrN2/c35-31-21-19-29(20-22-31)33-23-32(28-15-11-26(12-16-28)24-7-3-1-4-8-24)36-34(37-33)30-17-13-27(14-18-30)25-9-5-2-6-10-25/h1-23,34,37H. The van der Waals surface area contributed by atoms with Crippen molar-refractivity contribution in [3.05, 3.63) is 161 Å². The summed E-state index contributed by atoms with van der Waals surface area (Å²) in [7, 11) is 0. The van der Waals surface area contributed by atoms with Crippen molar-refractivity contribution in [3.63, 3.8) is 0 Å². The van der Waals surface area contributed by atoms with E-state index >= 15 is 0 Å². The molecule has 1 N–H and O–H groups in total. The molecule has 1 atom stereocenters. The van der Waals surface area contributed by atoms with Gasteiger partial charge < -0.3 is 5.32 Å². The van der Waals surface area contributed by atoms with Crippen LogP contribution < -0.4 is 5.32 Å². The van der Waals surface area contributed by atoms with Crippen LogP contribution in [0.5, 0.6) is 0 Å². The molecule has 1 unspecified atom stereocenters. The third kappa shape index (κ3) is 5.18. The Morgan fingerprint density at radius 2 is 0.946 bits per heavy atom. The first-order chi connectivity index (χ1) is 18.2. The Balaban J connectivity index is 1.36. The Morgan fingerprint density at radius 1 is 0.486 bits per heavy atom. The lowest BCUT2D eigenvalue weighted by Crippen LogP contribution is -2.24. The highest BCUT2D eigenvalue weighted by Crippen LogP contribution is 2.29. The number of aliphatic imine (C=N–C) groups is 1. The largest absolute Gasteiger partial charge is 0.360 e. The van der Waals surface area contributed by atoms with Crippen LogP contribution in [-0.2, 0) is 0 Å². The topological polar surface area (TPSA) is 24.4 Å². The van der Waals surface area contributed by atoms with E-state index in [0.717, 1.165) is 32.6 Å². The highest BCUT2D eigenvalue weighted by molar-refractivity contribution is 9.10. The number of nitrogens with one attached hydrogen (secondary N) is 1. The van der Waals surface area contributed by atoms with Crippen LogP contribution in [0.15, 0.2) is 149 Å². The predicted molar refractivity (Wildman–Crippen MR) is 158 cm³/mol. The molecule has 0 bridgehead atoms. The van der Waals surface area contributed by atoms with Gasteiger partial charge >= 0.3 is 0 Å². The molecule has 0 aliphatic carbocycles. The number of rotatable bonds is 5. The van der Waals surface area contributed by atoms with Gasteiger partial charge in [-0.15, -0.1) is 0 Å². The maximum absolute atomic E-state index is 5.14. The van der Waals surface area contributed by atoms with Crippen LogP contribution in [0, 0.1) is 0 Å². The maximum Gasteiger partial charge on any atom is 0.145 e. The van der Waals surface area contributed by atoms with E-state index in [1.54, 1.807) is 0 Å². The van der Waals surface area contributed by atoms with Gasteiger partial charge in [0.05, 0.1) is 5.71 Å². The molecule has 0 radical (unpaired) electrons. The fourth-order valence-corrected chi connectivity index (χ4v) is 4.86. The van der Waals surface area contributed by atoms with Crippen molar-refractivity contribution in [2.75, 3.05) is 0 Å². The summed E-state index contributed by atoms with van der Waals surface area (Å²) < 4.78 is 1.06. The average molecular weight is 541 g/mol. The number of hydrogen-bond acceptors (Lipinski definition) is 2. The van der Waals surface area contributed by atoms with E-state index < -0.39 is 0 Å². The van der Waals surface area contributed by atoms with Crippen LogP contribution in [0.25, 0.3) is 28.0 Å². The number of hydrogen-bond donors (Lipinski definition) is 1. The van der Waals surface area contributed by atoms with Crippen molar-refractivity contribution < 1.29 is 0 Å². The second kappa shape index (κ2) is 10.4. The van der Waals surface area contributed by atoms with Crippen molar-refractivity contribution in [3.8, 4) is 22.3 Å². The molecule has 5 aromatic rings. The third-order valence-electron chi connectivity index (χ3n) is 6.62. The van der Waals surface area contributed by atoms with Gasteiger partial charge in [-0.1, -0.05) is 137 Å². The van der Waals surface area contributed by atoms with Crippen molar-refractivity contribution in [1.82, 2.24) is 5.32 Å². The third-order valence-corrected chi connectivity index (χ3v) is 7.15. The van der Waals surface area contributed by atoms with E-state index in [4.69, 9.17) is 4.99 Å². The van der Waals surface area contributed by atoms with E-state index in [9.17, 15) is 0 Å². The minimum Gasteiger partial charge on any atom is -0.360 e. The zero-order chi connectivity index (χ0) is 25.0. The minimum absolute atomic E-state index is 0.183. The van der Waals surface area contributed by atoms with E-state index in [1.807, 2.05) is 12.1 Å². The van der Waals surface area contributed by atoms with Gasteiger partial charge in [0, 0.05) is 10.2 Å². The summed E-state index contributed by atoms with van der Waals surface area (Å²) >= 11 is 3.55. The summed E-state index contributed by atoms with van der Waals surface area (Å²) in [5, 5.41) is 3.66. The molecule has 1 aliphatic rings. The molecule has 37 heavy (non-hydrogen) atoms. The van der Waals surface area contributed by atoms with Gasteiger partial charge in [0.2, 0.25) is 0 Å². The first-order valence-corrected chi connectivity index (χ1v) is 13.2. The van der Waals surface area contributed by atoms with Gasteiger partial charge in [-0.25, -0.2) is 0 Å². The zero-order valence-corrected chi connectivity index (χ0v) is 21.8. The molecular formula is C34H25BrN2. The quantitative estimate of drug-likeness (QED) is 0.236. The smallest absolute Gasteiger partial charge is 0.145 e. The lowest BCUT2D eigenvalue weighted by Gasteiger charge is -2.25. The minimum atomic E-state index is -0.183. The maximum atomic E-state index is 5.14. The molecule has 0 saturated carbocycles. The van der Waals surface area contributed by atoms with E-state index in [1.165, 1.54) is 22.3 Å². The molecule has 0 fully saturated rings. The summed E-state index contributed by atoms with van der Waals surface area (Å²) in [6.45, 7) is 0. The van der Waals surface area contributed by atoms with Gasteiger partial charge in [-0.05, 0) is 57.2 Å². The van der Waals surface area contributed by atoms with Crippen LogP contribution in [0.3, 0.4) is 0 Å². The monoisotopic (exact) mass is 540 g/mol. The molecule has 0 aromatic heterocycles. The summed E-state index contributed by atoms with van der Waals surface area (Å²) in [4.78, 5) is 5.14. The molecule has 2 nitrogen and oxygen atoms in total. The van der Waals surface area contributed by atoms with Gasteiger partial charge in [0.25, 0.3) is 0 Å². The lowest BCUT2D eigenvalue weighted by atomic mass is 9.98. The molecule has 0 saturated heterocycles. The van der Waals surface area contributed by atoms with E-state index in [2.05, 4.69) is 149 Å². The number of nitrogens with zero attached hydrogens (tertiary/aromatic N) is 1. The second-order valence-electron chi connectivity index (χ2n) is 9.06. The molecule has 3 heteroatoms. The van der Waals surface area contributed by atoms with Crippen LogP contribution in [0.2, 0.25) is 0 Å². The van der Waals surface area contributed by atoms with Gasteiger partial charge in [-0.3, -0.25) is 4.99 Å². The Hall–Kier alpha value is -4.21. The summed E-state index contributed by atoms with van der Waals surface area (Å²) in [5.41, 5.74) is 10.2. The Labute approximate surface area is 226 Å². The van der Waals surface area contributed by atoms with Crippen molar-refractivity contribution in [2.45, 2.75) is 6.17 Å². The normalized spacial score (nSPS) is 14.9. The first-order valence-electron chi connectivity index (χ1n) is 12.4. The molecule has 178 valence electrons. The van der Waals surface area contributed by atoms with Gasteiger partial charge in [0.1, 0.15) is 6.17 Å².